The Bertz CT molecular complexity index is 171. The van der Waals surface area contributed by atoms with Gasteiger partial charge in [0.1, 0.15) is 0 Å². The first kappa shape index (κ1) is 12.3. The van der Waals surface area contributed by atoms with Gasteiger partial charge in [0, 0.05) is 19.4 Å². The maximum atomic E-state index is 10.7. The number of primary amides is 1. The first-order valence-electron chi connectivity index (χ1n) is 3.93. The van der Waals surface area contributed by atoms with Crippen LogP contribution in [0.2, 0.25) is 0 Å². The van der Waals surface area contributed by atoms with Crippen molar-refractivity contribution >= 4 is 20.4 Å². The Morgan fingerprint density at radius 2 is 2.23 bits per heavy atom. The van der Waals surface area contributed by atoms with Crippen LogP contribution in [0.25, 0.3) is 0 Å². The van der Waals surface area contributed by atoms with Crippen molar-refractivity contribution in [3.05, 3.63) is 0 Å². The Balaban J connectivity index is 3.87. The van der Waals surface area contributed by atoms with E-state index < -0.39 is 5.91 Å². The summed E-state index contributed by atoms with van der Waals surface area (Å²) in [5.41, 5.74) is 4.99. The summed E-state index contributed by atoms with van der Waals surface area (Å²) >= 11 is 0. The fraction of sp³-hybridized carbons (Fsp3) is 0.714. The van der Waals surface area contributed by atoms with Gasteiger partial charge in [-0.05, 0) is 6.16 Å². The van der Waals surface area contributed by atoms with Crippen molar-refractivity contribution in [2.75, 3.05) is 12.5 Å². The largest absolute Gasteiger partial charge is 0.392 e. The topological polar surface area (TPSA) is 92.4 Å². The third-order valence-electron chi connectivity index (χ3n) is 1.36. The lowest BCUT2D eigenvalue weighted by Gasteiger charge is -2.15. The lowest BCUT2D eigenvalue weighted by molar-refractivity contribution is -0.120. The summed E-state index contributed by atoms with van der Waals surface area (Å²) in [4.78, 5) is 21.2. The molecule has 0 aromatic rings. The summed E-state index contributed by atoms with van der Waals surface area (Å²) < 4.78 is 0. The minimum atomic E-state index is -0.443. The van der Waals surface area contributed by atoms with Crippen LogP contribution in [0.4, 0.5) is 0 Å². The van der Waals surface area contributed by atoms with Crippen LogP contribution >= 0.6 is 8.58 Å². The summed E-state index contributed by atoms with van der Waals surface area (Å²) in [6.45, 7) is 1.38. The molecule has 0 heterocycles. The average molecular weight is 206 g/mol. The smallest absolute Gasteiger partial charge is 0.219 e. The van der Waals surface area contributed by atoms with Crippen molar-refractivity contribution < 1.29 is 14.7 Å². The lowest BCUT2D eigenvalue weighted by Crippen LogP contribution is -2.38. The highest BCUT2D eigenvalue weighted by Gasteiger charge is 2.11. The third kappa shape index (κ3) is 7.68. The Kier molecular flexibility index (Phi) is 6.45. The van der Waals surface area contributed by atoms with Crippen LogP contribution in [0.3, 0.4) is 0 Å². The van der Waals surface area contributed by atoms with Gasteiger partial charge in [0.25, 0.3) is 0 Å². The summed E-state index contributed by atoms with van der Waals surface area (Å²) in [7, 11) is 0.327. The van der Waals surface area contributed by atoms with Crippen LogP contribution in [-0.2, 0) is 9.59 Å². The number of aliphatic hydroxyl groups is 1. The molecule has 1 unspecified atom stereocenters. The summed E-state index contributed by atoms with van der Waals surface area (Å²) in [5.74, 6) is -0.629. The second-order valence-corrected chi connectivity index (χ2v) is 3.90. The maximum absolute atomic E-state index is 10.7. The molecule has 0 fully saturated rings. The zero-order valence-electron chi connectivity index (χ0n) is 7.54. The molecule has 76 valence electrons. The van der Waals surface area contributed by atoms with E-state index in [1.807, 2.05) is 0 Å². The predicted octanol–water partition coefficient (Wildman–Crippen LogP) is -1.01. The molecular formula is C7H15N2O3P. The standard InChI is InChI=1S/C7H15N2O3P/c1-5(11)9-6(2-7(8)12)3-13-4-10/h6,10,13H,2-4H2,1H3,(H2,8,12)(H,9,11)/t6-/m0/s1. The molecule has 5 nitrogen and oxygen atoms in total. The van der Waals surface area contributed by atoms with Gasteiger partial charge in [-0.15, -0.1) is 0 Å². The van der Waals surface area contributed by atoms with Crippen LogP contribution < -0.4 is 11.1 Å². The quantitative estimate of drug-likeness (QED) is 0.486. The second kappa shape index (κ2) is 6.80. The monoisotopic (exact) mass is 206 g/mol. The van der Waals surface area contributed by atoms with E-state index in [0.717, 1.165) is 0 Å². The van der Waals surface area contributed by atoms with Crippen LogP contribution in [0.15, 0.2) is 0 Å². The van der Waals surface area contributed by atoms with Gasteiger partial charge in [-0.25, -0.2) is 0 Å². The van der Waals surface area contributed by atoms with E-state index in [9.17, 15) is 9.59 Å². The van der Waals surface area contributed by atoms with Crippen LogP contribution in [-0.4, -0.2) is 35.5 Å². The van der Waals surface area contributed by atoms with Crippen molar-refractivity contribution in [2.24, 2.45) is 5.73 Å². The molecule has 0 saturated heterocycles. The fourth-order valence-corrected chi connectivity index (χ4v) is 1.67. The first-order chi connectivity index (χ1) is 6.06. The van der Waals surface area contributed by atoms with Crippen LogP contribution in [0.1, 0.15) is 13.3 Å². The van der Waals surface area contributed by atoms with E-state index in [1.165, 1.54) is 6.92 Å². The number of hydrogen-bond donors (Lipinski definition) is 3. The van der Waals surface area contributed by atoms with Crippen molar-refractivity contribution in [1.82, 2.24) is 5.32 Å². The lowest BCUT2D eigenvalue weighted by atomic mass is 10.2. The highest BCUT2D eigenvalue weighted by molar-refractivity contribution is 7.37. The molecule has 0 saturated carbocycles. The molecule has 0 aliphatic heterocycles. The zero-order chi connectivity index (χ0) is 10.3. The molecule has 0 aromatic heterocycles. The number of rotatable bonds is 6. The number of hydrogen-bond acceptors (Lipinski definition) is 3. The molecule has 0 aromatic carbocycles. The summed E-state index contributed by atoms with van der Waals surface area (Å²) in [5, 5.41) is 11.2. The molecule has 0 aliphatic rings. The minimum Gasteiger partial charge on any atom is -0.392 e. The number of amides is 2. The number of nitrogens with one attached hydrogen (secondary N) is 1. The molecule has 0 aliphatic carbocycles. The number of carbonyl (C=O) groups is 2. The van der Waals surface area contributed by atoms with Gasteiger partial charge in [0.2, 0.25) is 11.8 Å². The van der Waals surface area contributed by atoms with Gasteiger partial charge in [-0.1, -0.05) is 8.58 Å². The predicted molar refractivity (Wildman–Crippen MR) is 51.7 cm³/mol. The molecule has 0 radical (unpaired) electrons. The number of nitrogens with two attached hydrogens (primary N) is 1. The second-order valence-electron chi connectivity index (χ2n) is 2.68. The Morgan fingerprint density at radius 1 is 1.62 bits per heavy atom. The minimum absolute atomic E-state index is 0.0782. The Morgan fingerprint density at radius 3 is 2.62 bits per heavy atom. The maximum Gasteiger partial charge on any atom is 0.219 e. The molecule has 0 rings (SSSR count). The van der Waals surface area contributed by atoms with Crippen molar-refractivity contribution in [1.29, 1.82) is 0 Å². The van der Waals surface area contributed by atoms with E-state index in [0.29, 0.717) is 14.7 Å². The molecular weight excluding hydrogens is 191 g/mol. The van der Waals surface area contributed by atoms with E-state index in [4.69, 9.17) is 10.8 Å². The van der Waals surface area contributed by atoms with Gasteiger partial charge in [-0.2, -0.15) is 0 Å². The van der Waals surface area contributed by atoms with E-state index in [-0.39, 0.29) is 24.7 Å². The van der Waals surface area contributed by atoms with E-state index in [2.05, 4.69) is 5.32 Å². The van der Waals surface area contributed by atoms with Crippen molar-refractivity contribution in [2.45, 2.75) is 19.4 Å². The molecule has 2 amide bonds. The zero-order valence-corrected chi connectivity index (χ0v) is 8.54. The molecule has 6 heteroatoms. The highest BCUT2D eigenvalue weighted by atomic mass is 31.1. The summed E-state index contributed by atoms with van der Waals surface area (Å²) in [6, 6.07) is -0.236. The Labute approximate surface area is 78.9 Å². The van der Waals surface area contributed by atoms with Gasteiger partial charge in [0.05, 0.1) is 6.35 Å². The molecule has 0 bridgehead atoms. The van der Waals surface area contributed by atoms with Crippen LogP contribution in [0.5, 0.6) is 0 Å². The highest BCUT2D eigenvalue weighted by Crippen LogP contribution is 2.10. The molecule has 2 atom stereocenters. The first-order valence-corrected chi connectivity index (χ1v) is 5.34. The van der Waals surface area contributed by atoms with E-state index in [1.54, 1.807) is 0 Å². The Hall–Kier alpha value is -0.670. The van der Waals surface area contributed by atoms with Crippen LogP contribution in [0, 0.1) is 0 Å². The van der Waals surface area contributed by atoms with Gasteiger partial charge in [-0.3, -0.25) is 9.59 Å². The van der Waals surface area contributed by atoms with Gasteiger partial charge >= 0.3 is 0 Å². The van der Waals surface area contributed by atoms with Crippen molar-refractivity contribution in [3.63, 3.8) is 0 Å². The van der Waals surface area contributed by atoms with Gasteiger partial charge < -0.3 is 16.2 Å². The molecule has 4 N–H and O–H groups in total. The SMILES string of the molecule is CC(=O)N[C@H](CPCO)CC(N)=O. The summed E-state index contributed by atoms with van der Waals surface area (Å²) in [6.07, 6.45) is 0.806. The van der Waals surface area contributed by atoms with E-state index >= 15 is 0 Å². The van der Waals surface area contributed by atoms with Gasteiger partial charge in [0.15, 0.2) is 0 Å². The fourth-order valence-electron chi connectivity index (χ4n) is 0.943. The number of aliphatic hydroxyl groups excluding tert-OH is 1. The van der Waals surface area contributed by atoms with Crippen molar-refractivity contribution in [3.8, 4) is 0 Å². The normalized spacial score (nSPS) is 13.1. The third-order valence-corrected chi connectivity index (χ3v) is 2.36. The molecule has 0 spiro atoms. The molecule has 13 heavy (non-hydrogen) atoms. The number of carbonyl (C=O) groups excluding carboxylic acids is 2. The average Bonchev–Trinajstić information content (AvgIpc) is 1.98.